The van der Waals surface area contributed by atoms with Crippen LogP contribution in [0.1, 0.15) is 16.7 Å². The van der Waals surface area contributed by atoms with Gasteiger partial charge in [-0.05, 0) is 37.1 Å². The maximum Gasteiger partial charge on any atom is 0.259 e. The molecule has 0 saturated carbocycles. The second kappa shape index (κ2) is 7.98. The molecule has 1 amide bonds. The van der Waals surface area contributed by atoms with E-state index in [1.165, 1.54) is 0 Å². The standard InChI is InChI=1S/C18H21N3O2/c1-13-7-6-8-14(2)18(13)19-12-17(22)21-20-11-15-9-4-5-10-16(15)23-3/h4-11,19H,12H2,1-3H3,(H,21,22). The normalized spacial score (nSPS) is 10.6. The molecule has 2 rings (SSSR count). The molecule has 2 aromatic rings. The topological polar surface area (TPSA) is 62.7 Å². The fourth-order valence-corrected chi connectivity index (χ4v) is 2.25. The van der Waals surface area contributed by atoms with Crippen molar-refractivity contribution in [2.45, 2.75) is 13.8 Å². The summed E-state index contributed by atoms with van der Waals surface area (Å²) in [5.74, 6) is 0.498. The molecular formula is C18H21N3O2. The number of hydrazone groups is 1. The number of ether oxygens (including phenoxy) is 1. The molecule has 0 saturated heterocycles. The van der Waals surface area contributed by atoms with Crippen molar-refractivity contribution in [3.8, 4) is 5.75 Å². The summed E-state index contributed by atoms with van der Waals surface area (Å²) in [6.07, 6.45) is 1.57. The molecule has 2 aromatic carbocycles. The number of carbonyl (C=O) groups excluding carboxylic acids is 1. The number of nitrogens with one attached hydrogen (secondary N) is 2. The fourth-order valence-electron chi connectivity index (χ4n) is 2.25. The van der Waals surface area contributed by atoms with Crippen LogP contribution in [0.3, 0.4) is 0 Å². The molecule has 0 heterocycles. The van der Waals surface area contributed by atoms with Crippen molar-refractivity contribution < 1.29 is 9.53 Å². The molecular weight excluding hydrogens is 290 g/mol. The summed E-state index contributed by atoms with van der Waals surface area (Å²) in [4.78, 5) is 11.9. The van der Waals surface area contributed by atoms with E-state index in [2.05, 4.69) is 15.8 Å². The van der Waals surface area contributed by atoms with E-state index in [4.69, 9.17) is 4.74 Å². The molecule has 0 spiro atoms. The van der Waals surface area contributed by atoms with Crippen molar-refractivity contribution in [2.75, 3.05) is 19.0 Å². The van der Waals surface area contributed by atoms with Gasteiger partial charge in [0, 0.05) is 11.3 Å². The second-order valence-electron chi connectivity index (χ2n) is 5.16. The van der Waals surface area contributed by atoms with Crippen LogP contribution in [0.25, 0.3) is 0 Å². The molecule has 23 heavy (non-hydrogen) atoms. The quantitative estimate of drug-likeness (QED) is 0.637. The van der Waals surface area contributed by atoms with Gasteiger partial charge in [-0.15, -0.1) is 0 Å². The molecule has 0 bridgehead atoms. The van der Waals surface area contributed by atoms with Crippen molar-refractivity contribution in [1.82, 2.24) is 5.43 Å². The molecule has 0 aliphatic heterocycles. The molecule has 0 aliphatic carbocycles. The molecule has 0 atom stereocenters. The van der Waals surface area contributed by atoms with E-state index in [1.807, 2.05) is 56.3 Å². The van der Waals surface area contributed by atoms with E-state index in [-0.39, 0.29) is 12.5 Å². The predicted molar refractivity (Wildman–Crippen MR) is 93.1 cm³/mol. The van der Waals surface area contributed by atoms with Crippen molar-refractivity contribution in [3.05, 3.63) is 59.2 Å². The summed E-state index contributed by atoms with van der Waals surface area (Å²) in [6, 6.07) is 13.5. The Bertz CT molecular complexity index is 691. The van der Waals surface area contributed by atoms with E-state index in [1.54, 1.807) is 13.3 Å². The minimum atomic E-state index is -0.209. The van der Waals surface area contributed by atoms with Crippen LogP contribution in [-0.4, -0.2) is 25.8 Å². The Morgan fingerprint density at radius 1 is 1.13 bits per heavy atom. The summed E-state index contributed by atoms with van der Waals surface area (Å²) in [7, 11) is 1.60. The largest absolute Gasteiger partial charge is 0.496 e. The first-order valence-corrected chi connectivity index (χ1v) is 7.37. The number of rotatable bonds is 6. The maximum atomic E-state index is 11.9. The van der Waals surface area contributed by atoms with Crippen molar-refractivity contribution in [3.63, 3.8) is 0 Å². The van der Waals surface area contributed by atoms with Crippen molar-refractivity contribution in [2.24, 2.45) is 5.10 Å². The molecule has 0 aliphatic rings. The number of amides is 1. The lowest BCUT2D eigenvalue weighted by atomic mass is 10.1. The first-order valence-electron chi connectivity index (χ1n) is 7.37. The Balaban J connectivity index is 1.89. The fraction of sp³-hybridized carbons (Fsp3) is 0.222. The number of anilines is 1. The lowest BCUT2D eigenvalue weighted by Gasteiger charge is -2.11. The number of methoxy groups -OCH3 is 1. The lowest BCUT2D eigenvalue weighted by Crippen LogP contribution is -2.26. The van der Waals surface area contributed by atoms with Crippen LogP contribution >= 0.6 is 0 Å². The Kier molecular flexibility index (Phi) is 5.74. The molecule has 0 fully saturated rings. The molecule has 0 radical (unpaired) electrons. The van der Waals surface area contributed by atoms with Crippen LogP contribution in [0.5, 0.6) is 5.75 Å². The molecule has 2 N–H and O–H groups in total. The SMILES string of the molecule is COc1ccccc1C=NNC(=O)CNc1c(C)cccc1C. The highest BCUT2D eigenvalue weighted by atomic mass is 16.5. The number of benzene rings is 2. The average molecular weight is 311 g/mol. The summed E-state index contributed by atoms with van der Waals surface area (Å²) in [5.41, 5.74) is 6.50. The number of para-hydroxylation sites is 2. The van der Waals surface area contributed by atoms with Gasteiger partial charge in [-0.1, -0.05) is 30.3 Å². The summed E-state index contributed by atoms with van der Waals surface area (Å²) < 4.78 is 5.22. The van der Waals surface area contributed by atoms with Crippen molar-refractivity contribution >= 4 is 17.8 Å². The van der Waals surface area contributed by atoms with Crippen LogP contribution in [0.2, 0.25) is 0 Å². The van der Waals surface area contributed by atoms with Crippen LogP contribution < -0.4 is 15.5 Å². The Morgan fingerprint density at radius 2 is 1.83 bits per heavy atom. The first-order chi connectivity index (χ1) is 11.1. The molecule has 0 unspecified atom stereocenters. The molecule has 5 nitrogen and oxygen atoms in total. The highest BCUT2D eigenvalue weighted by Gasteiger charge is 2.04. The Hall–Kier alpha value is -2.82. The third-order valence-electron chi connectivity index (χ3n) is 3.44. The summed E-state index contributed by atoms with van der Waals surface area (Å²) in [6.45, 7) is 4.18. The minimum Gasteiger partial charge on any atom is -0.496 e. The zero-order chi connectivity index (χ0) is 16.7. The average Bonchev–Trinajstić information content (AvgIpc) is 2.55. The number of nitrogens with zero attached hydrogens (tertiary/aromatic N) is 1. The van der Waals surface area contributed by atoms with Crippen molar-refractivity contribution in [1.29, 1.82) is 0 Å². The van der Waals surface area contributed by atoms with Crippen LogP contribution in [0.4, 0.5) is 5.69 Å². The zero-order valence-corrected chi connectivity index (χ0v) is 13.6. The minimum absolute atomic E-state index is 0.162. The van der Waals surface area contributed by atoms with Crippen LogP contribution in [0.15, 0.2) is 47.6 Å². The van der Waals surface area contributed by atoms with E-state index in [0.29, 0.717) is 5.75 Å². The highest BCUT2D eigenvalue weighted by Crippen LogP contribution is 2.18. The number of hydrogen-bond donors (Lipinski definition) is 2. The maximum absolute atomic E-state index is 11.9. The second-order valence-corrected chi connectivity index (χ2v) is 5.16. The highest BCUT2D eigenvalue weighted by molar-refractivity contribution is 5.86. The van der Waals surface area contributed by atoms with Gasteiger partial charge in [0.1, 0.15) is 5.75 Å². The van der Waals surface area contributed by atoms with Gasteiger partial charge < -0.3 is 10.1 Å². The Morgan fingerprint density at radius 3 is 2.52 bits per heavy atom. The number of hydrogen-bond acceptors (Lipinski definition) is 4. The van der Waals surface area contributed by atoms with Gasteiger partial charge in [-0.2, -0.15) is 5.10 Å². The van der Waals surface area contributed by atoms with Gasteiger partial charge in [0.25, 0.3) is 5.91 Å². The summed E-state index contributed by atoms with van der Waals surface area (Å²) >= 11 is 0. The van der Waals surface area contributed by atoms with Crippen LogP contribution in [-0.2, 0) is 4.79 Å². The van der Waals surface area contributed by atoms with E-state index in [9.17, 15) is 4.79 Å². The first kappa shape index (κ1) is 16.5. The van der Waals surface area contributed by atoms with Gasteiger partial charge in [-0.3, -0.25) is 4.79 Å². The summed E-state index contributed by atoms with van der Waals surface area (Å²) in [5, 5.41) is 7.10. The van der Waals surface area contributed by atoms with Gasteiger partial charge in [0.15, 0.2) is 0 Å². The van der Waals surface area contributed by atoms with Gasteiger partial charge in [0.2, 0.25) is 0 Å². The number of aryl methyl sites for hydroxylation is 2. The molecule has 120 valence electrons. The zero-order valence-electron chi connectivity index (χ0n) is 13.6. The van der Waals surface area contributed by atoms with Gasteiger partial charge in [-0.25, -0.2) is 5.43 Å². The predicted octanol–water partition coefficient (Wildman–Crippen LogP) is 2.87. The van der Waals surface area contributed by atoms with E-state index < -0.39 is 0 Å². The smallest absolute Gasteiger partial charge is 0.259 e. The third kappa shape index (κ3) is 4.57. The van der Waals surface area contributed by atoms with E-state index in [0.717, 1.165) is 22.4 Å². The van der Waals surface area contributed by atoms with Gasteiger partial charge >= 0.3 is 0 Å². The third-order valence-corrected chi connectivity index (χ3v) is 3.44. The Labute approximate surface area is 136 Å². The molecule has 0 aromatic heterocycles. The molecule has 5 heteroatoms. The monoisotopic (exact) mass is 311 g/mol. The van der Waals surface area contributed by atoms with Gasteiger partial charge in [0.05, 0.1) is 19.9 Å². The number of carbonyl (C=O) groups is 1. The van der Waals surface area contributed by atoms with E-state index >= 15 is 0 Å². The van der Waals surface area contributed by atoms with Crippen LogP contribution in [0, 0.1) is 13.8 Å². The lowest BCUT2D eigenvalue weighted by molar-refractivity contribution is -0.119.